The van der Waals surface area contributed by atoms with E-state index < -0.39 is 0 Å². The van der Waals surface area contributed by atoms with Crippen molar-refractivity contribution in [2.45, 2.75) is 0 Å². The summed E-state index contributed by atoms with van der Waals surface area (Å²) < 4.78 is 0. The van der Waals surface area contributed by atoms with Gasteiger partial charge in [0.05, 0.1) is 0 Å². The van der Waals surface area contributed by atoms with E-state index in [2.05, 4.69) is 0 Å². The second kappa shape index (κ2) is 2.68. The van der Waals surface area contributed by atoms with Crippen LogP contribution in [0.4, 0.5) is 4.79 Å². The van der Waals surface area contributed by atoms with Gasteiger partial charge in [-0.25, -0.2) is 4.79 Å². The van der Waals surface area contributed by atoms with Crippen LogP contribution in [0.2, 0.25) is 0 Å². The quantitative estimate of drug-likeness (QED) is 0.508. The highest BCUT2D eigenvalue weighted by Crippen LogP contribution is 2.00. The Morgan fingerprint density at radius 3 is 1.67 bits per heavy atom. The molecule has 1 fully saturated rings. The SMILES string of the molecule is CN1CCN(C)C1=O.N. The minimum absolute atomic E-state index is 0. The number of amides is 2. The van der Waals surface area contributed by atoms with Crippen LogP contribution in [0.15, 0.2) is 0 Å². The van der Waals surface area contributed by atoms with Crippen molar-refractivity contribution in [3.8, 4) is 0 Å². The van der Waals surface area contributed by atoms with E-state index in [4.69, 9.17) is 0 Å². The van der Waals surface area contributed by atoms with Gasteiger partial charge >= 0.3 is 6.03 Å². The Labute approximate surface area is 55.0 Å². The fourth-order valence-electron chi connectivity index (χ4n) is 0.783. The zero-order chi connectivity index (χ0) is 6.15. The highest BCUT2D eigenvalue weighted by Gasteiger charge is 2.20. The third-order valence-corrected chi connectivity index (χ3v) is 1.42. The Kier molecular flexibility index (Phi) is 2.45. The summed E-state index contributed by atoms with van der Waals surface area (Å²) in [5.41, 5.74) is 0. The Morgan fingerprint density at radius 1 is 1.22 bits per heavy atom. The molecule has 1 aliphatic heterocycles. The lowest BCUT2D eigenvalue weighted by atomic mass is 10.6. The molecule has 1 saturated heterocycles. The van der Waals surface area contributed by atoms with E-state index in [1.807, 2.05) is 14.1 Å². The summed E-state index contributed by atoms with van der Waals surface area (Å²) in [6.07, 6.45) is 0. The maximum absolute atomic E-state index is 10.8. The van der Waals surface area contributed by atoms with Crippen LogP contribution in [-0.4, -0.2) is 43.0 Å². The van der Waals surface area contributed by atoms with Gasteiger partial charge in [-0.3, -0.25) is 0 Å². The highest BCUT2D eigenvalue weighted by molar-refractivity contribution is 5.75. The molecule has 54 valence electrons. The second-order valence-electron chi connectivity index (χ2n) is 2.13. The molecule has 2 amide bonds. The molecule has 0 atom stereocenters. The number of urea groups is 1. The van der Waals surface area contributed by atoms with Crippen LogP contribution in [0.1, 0.15) is 0 Å². The molecule has 0 spiro atoms. The topological polar surface area (TPSA) is 58.5 Å². The average Bonchev–Trinajstić information content (AvgIpc) is 1.98. The van der Waals surface area contributed by atoms with Crippen molar-refractivity contribution >= 4 is 6.03 Å². The molecule has 4 nitrogen and oxygen atoms in total. The van der Waals surface area contributed by atoms with E-state index in [1.165, 1.54) is 0 Å². The van der Waals surface area contributed by atoms with Crippen LogP contribution in [0, 0.1) is 0 Å². The minimum atomic E-state index is 0. The normalized spacial score (nSPS) is 18.2. The molecule has 9 heavy (non-hydrogen) atoms. The van der Waals surface area contributed by atoms with Gasteiger partial charge in [0.15, 0.2) is 0 Å². The average molecular weight is 131 g/mol. The van der Waals surface area contributed by atoms with Crippen molar-refractivity contribution in [1.29, 1.82) is 0 Å². The molecule has 0 saturated carbocycles. The Balaban J connectivity index is 0.000000640. The van der Waals surface area contributed by atoms with Gasteiger partial charge in [0, 0.05) is 27.2 Å². The molecule has 4 heteroatoms. The van der Waals surface area contributed by atoms with E-state index in [0.29, 0.717) is 0 Å². The zero-order valence-corrected chi connectivity index (χ0v) is 5.92. The van der Waals surface area contributed by atoms with Gasteiger partial charge in [-0.05, 0) is 0 Å². The molecule has 0 radical (unpaired) electrons. The zero-order valence-electron chi connectivity index (χ0n) is 5.92. The predicted octanol–water partition coefficient (Wildman–Crippen LogP) is 0.146. The predicted molar refractivity (Wildman–Crippen MR) is 35.7 cm³/mol. The standard InChI is InChI=1S/C5H10N2O.H3N/c1-6-3-4-7(2)5(6)8;/h3-4H2,1-2H3;1H3. The van der Waals surface area contributed by atoms with Gasteiger partial charge in [0.2, 0.25) is 0 Å². The fraction of sp³-hybridized carbons (Fsp3) is 0.800. The van der Waals surface area contributed by atoms with Crippen molar-refractivity contribution in [3.05, 3.63) is 0 Å². The van der Waals surface area contributed by atoms with Gasteiger partial charge in [-0.2, -0.15) is 0 Å². The maximum atomic E-state index is 10.8. The van der Waals surface area contributed by atoms with E-state index in [-0.39, 0.29) is 12.2 Å². The molecule has 1 heterocycles. The molecule has 0 aromatic carbocycles. The molecule has 0 aromatic rings. The number of likely N-dealkylation sites (N-methyl/N-ethyl adjacent to an activating group) is 2. The van der Waals surface area contributed by atoms with E-state index in [0.717, 1.165) is 13.1 Å². The first-order valence-corrected chi connectivity index (χ1v) is 2.68. The summed E-state index contributed by atoms with van der Waals surface area (Å²) in [6, 6.07) is 0.130. The summed E-state index contributed by atoms with van der Waals surface area (Å²) in [6.45, 7) is 1.74. The molecular formula is C5H13N3O. The lowest BCUT2D eigenvalue weighted by Crippen LogP contribution is -2.25. The lowest BCUT2D eigenvalue weighted by molar-refractivity contribution is 0.205. The molecule has 0 aromatic heterocycles. The molecular weight excluding hydrogens is 118 g/mol. The van der Waals surface area contributed by atoms with Crippen molar-refractivity contribution < 1.29 is 4.79 Å². The number of carbonyl (C=O) groups excluding carboxylic acids is 1. The summed E-state index contributed by atoms with van der Waals surface area (Å²) in [4.78, 5) is 14.2. The number of nitrogens with zero attached hydrogens (tertiary/aromatic N) is 2. The fourth-order valence-corrected chi connectivity index (χ4v) is 0.783. The third kappa shape index (κ3) is 1.32. The first kappa shape index (κ1) is 8.23. The molecule has 0 bridgehead atoms. The molecule has 1 rings (SSSR count). The first-order valence-electron chi connectivity index (χ1n) is 2.68. The van der Waals surface area contributed by atoms with E-state index >= 15 is 0 Å². The van der Waals surface area contributed by atoms with Crippen LogP contribution >= 0.6 is 0 Å². The lowest BCUT2D eigenvalue weighted by Gasteiger charge is -2.07. The van der Waals surface area contributed by atoms with Crippen molar-refractivity contribution in [3.63, 3.8) is 0 Å². The summed E-state index contributed by atoms with van der Waals surface area (Å²) >= 11 is 0. The Bertz CT molecular complexity index is 103. The number of hydrogen-bond acceptors (Lipinski definition) is 2. The van der Waals surface area contributed by atoms with Crippen molar-refractivity contribution in [2.24, 2.45) is 0 Å². The van der Waals surface area contributed by atoms with Crippen molar-refractivity contribution in [1.82, 2.24) is 16.0 Å². The summed E-state index contributed by atoms with van der Waals surface area (Å²) in [5, 5.41) is 0. The Morgan fingerprint density at radius 2 is 1.56 bits per heavy atom. The molecule has 0 aliphatic carbocycles. The Hall–Kier alpha value is -0.770. The van der Waals surface area contributed by atoms with Crippen LogP contribution in [-0.2, 0) is 0 Å². The molecule has 3 N–H and O–H groups in total. The van der Waals surface area contributed by atoms with Crippen LogP contribution < -0.4 is 6.15 Å². The smallest absolute Gasteiger partial charge is 0.319 e. The van der Waals surface area contributed by atoms with Crippen molar-refractivity contribution in [2.75, 3.05) is 27.2 Å². The van der Waals surface area contributed by atoms with Crippen LogP contribution in [0.3, 0.4) is 0 Å². The van der Waals surface area contributed by atoms with Gasteiger partial charge in [-0.15, -0.1) is 0 Å². The monoisotopic (exact) mass is 131 g/mol. The largest absolute Gasteiger partial charge is 0.344 e. The molecule has 1 aliphatic rings. The first-order chi connectivity index (χ1) is 3.72. The summed E-state index contributed by atoms with van der Waals surface area (Å²) in [7, 11) is 3.62. The van der Waals surface area contributed by atoms with Gasteiger partial charge < -0.3 is 16.0 Å². The van der Waals surface area contributed by atoms with Crippen LogP contribution in [0.5, 0.6) is 0 Å². The third-order valence-electron chi connectivity index (χ3n) is 1.42. The number of rotatable bonds is 0. The van der Waals surface area contributed by atoms with Gasteiger partial charge in [0.25, 0.3) is 0 Å². The molecule has 0 unspecified atom stereocenters. The highest BCUT2D eigenvalue weighted by atomic mass is 16.2. The summed E-state index contributed by atoms with van der Waals surface area (Å²) in [5.74, 6) is 0. The maximum Gasteiger partial charge on any atom is 0.319 e. The van der Waals surface area contributed by atoms with E-state index in [9.17, 15) is 4.79 Å². The number of hydrogen-bond donors (Lipinski definition) is 1. The van der Waals surface area contributed by atoms with Gasteiger partial charge in [-0.1, -0.05) is 0 Å². The van der Waals surface area contributed by atoms with Crippen LogP contribution in [0.25, 0.3) is 0 Å². The second-order valence-corrected chi connectivity index (χ2v) is 2.13. The number of carbonyl (C=O) groups is 1. The van der Waals surface area contributed by atoms with E-state index in [1.54, 1.807) is 9.80 Å². The minimum Gasteiger partial charge on any atom is -0.344 e. The van der Waals surface area contributed by atoms with Gasteiger partial charge in [0.1, 0.15) is 0 Å².